The third kappa shape index (κ3) is 4.62. The first-order chi connectivity index (χ1) is 14.2. The van der Waals surface area contributed by atoms with Crippen molar-refractivity contribution in [2.75, 3.05) is 37.6 Å². The van der Waals surface area contributed by atoms with E-state index in [-0.39, 0.29) is 24.7 Å². The van der Waals surface area contributed by atoms with Gasteiger partial charge in [-0.15, -0.1) is 0 Å². The molecule has 0 aliphatic carbocycles. The summed E-state index contributed by atoms with van der Waals surface area (Å²) >= 11 is 0. The van der Waals surface area contributed by atoms with Crippen LogP contribution in [0.5, 0.6) is 0 Å². The lowest BCUT2D eigenvalue weighted by Crippen LogP contribution is -2.48. The van der Waals surface area contributed by atoms with Crippen molar-refractivity contribution in [3.63, 3.8) is 0 Å². The van der Waals surface area contributed by atoms with Gasteiger partial charge in [-0.05, 0) is 17.7 Å². The number of benzene rings is 1. The van der Waals surface area contributed by atoms with Crippen molar-refractivity contribution >= 4 is 23.2 Å². The van der Waals surface area contributed by atoms with E-state index in [1.54, 1.807) is 12.4 Å². The summed E-state index contributed by atoms with van der Waals surface area (Å²) < 4.78 is 0. The van der Waals surface area contributed by atoms with Crippen molar-refractivity contribution in [3.05, 3.63) is 60.4 Å². The number of carbonyl (C=O) groups is 2. The van der Waals surface area contributed by atoms with Gasteiger partial charge >= 0.3 is 0 Å². The molecule has 4 rings (SSSR count). The summed E-state index contributed by atoms with van der Waals surface area (Å²) in [7, 11) is 0. The minimum Gasteiger partial charge on any atom is -0.368 e. The van der Waals surface area contributed by atoms with Crippen molar-refractivity contribution in [1.29, 1.82) is 0 Å². The van der Waals surface area contributed by atoms with Gasteiger partial charge < -0.3 is 9.80 Å². The standard InChI is InChI=1S/C22H25N5O2/c28-21(26-16-14-25(15-17-26)19-8-11-23-12-9-19)6-7-22(29)27-13-10-20(24-27)18-4-2-1-3-5-18/h1-5,8-9,11-12H,6-7,10,13-17H2. The predicted molar refractivity (Wildman–Crippen MR) is 112 cm³/mol. The first-order valence-electron chi connectivity index (χ1n) is 10.1. The number of nitrogens with zero attached hydrogens (tertiary/aromatic N) is 5. The van der Waals surface area contributed by atoms with Gasteiger partial charge in [-0.1, -0.05) is 30.3 Å². The van der Waals surface area contributed by atoms with Crippen LogP contribution in [0.1, 0.15) is 24.8 Å². The molecule has 7 heteroatoms. The van der Waals surface area contributed by atoms with Gasteiger partial charge in [0.2, 0.25) is 11.8 Å². The molecule has 29 heavy (non-hydrogen) atoms. The molecule has 3 heterocycles. The van der Waals surface area contributed by atoms with Crippen LogP contribution in [0.2, 0.25) is 0 Å². The van der Waals surface area contributed by atoms with Gasteiger partial charge in [0, 0.05) is 63.5 Å². The predicted octanol–water partition coefficient (Wildman–Crippen LogP) is 2.15. The van der Waals surface area contributed by atoms with Gasteiger partial charge in [0.05, 0.1) is 12.3 Å². The SMILES string of the molecule is O=C(CCC(=O)N1CCC(c2ccccc2)=N1)N1CCN(c2ccncc2)CC1. The molecule has 2 aliphatic heterocycles. The van der Waals surface area contributed by atoms with Crippen molar-refractivity contribution in [2.45, 2.75) is 19.3 Å². The maximum atomic E-state index is 12.5. The Morgan fingerprint density at radius 3 is 2.24 bits per heavy atom. The number of aromatic nitrogens is 1. The first kappa shape index (κ1) is 19.1. The molecule has 1 saturated heterocycles. The Bertz CT molecular complexity index is 877. The molecule has 0 atom stereocenters. The molecule has 2 aromatic rings. The molecule has 0 unspecified atom stereocenters. The molecule has 1 aromatic carbocycles. The van der Waals surface area contributed by atoms with Crippen LogP contribution in [0.25, 0.3) is 0 Å². The van der Waals surface area contributed by atoms with Gasteiger partial charge in [0.1, 0.15) is 0 Å². The van der Waals surface area contributed by atoms with Crippen LogP contribution in [0.3, 0.4) is 0 Å². The highest BCUT2D eigenvalue weighted by molar-refractivity contribution is 6.02. The van der Waals surface area contributed by atoms with Crippen LogP contribution < -0.4 is 4.90 Å². The van der Waals surface area contributed by atoms with E-state index in [2.05, 4.69) is 15.0 Å². The Morgan fingerprint density at radius 1 is 0.828 bits per heavy atom. The quantitative estimate of drug-likeness (QED) is 0.783. The van der Waals surface area contributed by atoms with Crippen LogP contribution in [-0.4, -0.2) is 65.1 Å². The molecule has 0 radical (unpaired) electrons. The molecule has 7 nitrogen and oxygen atoms in total. The molecular formula is C22H25N5O2. The fourth-order valence-electron chi connectivity index (χ4n) is 3.74. The van der Waals surface area contributed by atoms with Gasteiger partial charge in [0.15, 0.2) is 0 Å². The molecule has 2 amide bonds. The number of hydrogen-bond acceptors (Lipinski definition) is 5. The molecule has 1 fully saturated rings. The molecule has 0 bridgehead atoms. The largest absolute Gasteiger partial charge is 0.368 e. The molecule has 0 N–H and O–H groups in total. The number of hydrazone groups is 1. The third-order valence-electron chi connectivity index (χ3n) is 5.41. The zero-order chi connectivity index (χ0) is 20.1. The van der Waals surface area contributed by atoms with Crippen LogP contribution in [0, 0.1) is 0 Å². The zero-order valence-corrected chi connectivity index (χ0v) is 16.4. The van der Waals surface area contributed by atoms with Gasteiger partial charge in [0.25, 0.3) is 0 Å². The minimum absolute atomic E-state index is 0.0409. The lowest BCUT2D eigenvalue weighted by atomic mass is 10.1. The molecule has 0 spiro atoms. The van der Waals surface area contributed by atoms with Crippen LogP contribution in [-0.2, 0) is 9.59 Å². The molecule has 2 aliphatic rings. The number of rotatable bonds is 5. The monoisotopic (exact) mass is 391 g/mol. The highest BCUT2D eigenvalue weighted by Gasteiger charge is 2.25. The molecule has 0 saturated carbocycles. The Morgan fingerprint density at radius 2 is 1.52 bits per heavy atom. The number of hydrogen-bond donors (Lipinski definition) is 0. The van der Waals surface area contributed by atoms with E-state index in [1.165, 1.54) is 5.01 Å². The Hall–Kier alpha value is -3.22. The van der Waals surface area contributed by atoms with E-state index in [1.807, 2.05) is 47.4 Å². The second-order valence-electron chi connectivity index (χ2n) is 7.25. The number of carbonyl (C=O) groups excluding carboxylic acids is 2. The Balaban J connectivity index is 1.24. The second kappa shape index (κ2) is 8.86. The summed E-state index contributed by atoms with van der Waals surface area (Å²) in [6.07, 6.45) is 4.75. The normalized spacial score (nSPS) is 16.7. The number of pyridine rings is 1. The lowest BCUT2D eigenvalue weighted by Gasteiger charge is -2.36. The zero-order valence-electron chi connectivity index (χ0n) is 16.4. The summed E-state index contributed by atoms with van der Waals surface area (Å²) in [4.78, 5) is 33.2. The maximum absolute atomic E-state index is 12.5. The van der Waals surface area contributed by atoms with Crippen LogP contribution in [0.15, 0.2) is 60.0 Å². The average Bonchev–Trinajstić information content (AvgIpc) is 3.29. The van der Waals surface area contributed by atoms with E-state index in [9.17, 15) is 9.59 Å². The van der Waals surface area contributed by atoms with Crippen molar-refractivity contribution in [1.82, 2.24) is 14.9 Å². The number of piperazine rings is 1. The molecule has 1 aromatic heterocycles. The molecular weight excluding hydrogens is 366 g/mol. The topological polar surface area (TPSA) is 69.1 Å². The highest BCUT2D eigenvalue weighted by Crippen LogP contribution is 2.17. The molecule has 150 valence electrons. The van der Waals surface area contributed by atoms with E-state index in [0.717, 1.165) is 36.5 Å². The van der Waals surface area contributed by atoms with Crippen LogP contribution >= 0.6 is 0 Å². The van der Waals surface area contributed by atoms with E-state index in [4.69, 9.17) is 0 Å². The Labute approximate surface area is 170 Å². The third-order valence-corrected chi connectivity index (χ3v) is 5.41. The van der Waals surface area contributed by atoms with Crippen molar-refractivity contribution in [2.24, 2.45) is 5.10 Å². The smallest absolute Gasteiger partial charge is 0.243 e. The second-order valence-corrected chi connectivity index (χ2v) is 7.25. The lowest BCUT2D eigenvalue weighted by molar-refractivity contribution is -0.137. The number of anilines is 1. The van der Waals surface area contributed by atoms with Gasteiger partial charge in [-0.2, -0.15) is 5.10 Å². The van der Waals surface area contributed by atoms with E-state index < -0.39 is 0 Å². The Kier molecular flexibility index (Phi) is 5.84. The minimum atomic E-state index is -0.0836. The average molecular weight is 391 g/mol. The first-order valence-corrected chi connectivity index (χ1v) is 10.1. The fraction of sp³-hybridized carbons (Fsp3) is 0.364. The summed E-state index contributed by atoms with van der Waals surface area (Å²) in [6, 6.07) is 13.9. The summed E-state index contributed by atoms with van der Waals surface area (Å²) in [5, 5.41) is 5.97. The maximum Gasteiger partial charge on any atom is 0.243 e. The van der Waals surface area contributed by atoms with Gasteiger partial charge in [-0.25, -0.2) is 5.01 Å². The highest BCUT2D eigenvalue weighted by atomic mass is 16.2. The summed E-state index contributed by atoms with van der Waals surface area (Å²) in [5.74, 6) is -0.0427. The van der Waals surface area contributed by atoms with E-state index >= 15 is 0 Å². The van der Waals surface area contributed by atoms with E-state index in [0.29, 0.717) is 19.6 Å². The van der Waals surface area contributed by atoms with Gasteiger partial charge in [-0.3, -0.25) is 14.6 Å². The number of amides is 2. The fourth-order valence-corrected chi connectivity index (χ4v) is 3.74. The van der Waals surface area contributed by atoms with Crippen molar-refractivity contribution in [3.8, 4) is 0 Å². The van der Waals surface area contributed by atoms with Crippen molar-refractivity contribution < 1.29 is 9.59 Å². The summed E-state index contributed by atoms with van der Waals surface area (Å²) in [5.41, 5.74) is 3.10. The summed E-state index contributed by atoms with van der Waals surface area (Å²) in [6.45, 7) is 3.52. The van der Waals surface area contributed by atoms with Crippen LogP contribution in [0.4, 0.5) is 5.69 Å².